The Balaban J connectivity index is 1.95. The van der Waals surface area contributed by atoms with Gasteiger partial charge in [0.2, 0.25) is 0 Å². The molecule has 2 rings (SSSR count). The molecule has 0 spiro atoms. The summed E-state index contributed by atoms with van der Waals surface area (Å²) in [6.45, 7) is 3.24. The van der Waals surface area contributed by atoms with Crippen molar-refractivity contribution >= 4 is 21.7 Å². The molecule has 0 aliphatic heterocycles. The topological polar surface area (TPSA) is 58.0 Å². The van der Waals surface area contributed by atoms with E-state index in [0.717, 1.165) is 35.6 Å². The number of halogens is 1. The Labute approximate surface area is 123 Å². The summed E-state index contributed by atoms with van der Waals surface area (Å²) in [5.74, 6) is 2.72. The first-order valence-corrected chi connectivity index (χ1v) is 7.90. The van der Waals surface area contributed by atoms with Crippen molar-refractivity contribution in [3.05, 3.63) is 16.5 Å². The second kappa shape index (κ2) is 7.20. The normalized spacial score (nSPS) is 23.3. The molecular formula is C14H22BrN3O. The molecule has 1 aromatic heterocycles. The van der Waals surface area contributed by atoms with Gasteiger partial charge in [-0.1, -0.05) is 19.8 Å². The number of aryl methyl sites for hydroxylation is 1. The molecule has 0 aromatic carbocycles. The lowest BCUT2D eigenvalue weighted by molar-refractivity contribution is 0.141. The Kier molecular flexibility index (Phi) is 5.58. The molecule has 2 N–H and O–H groups in total. The van der Waals surface area contributed by atoms with E-state index in [1.807, 2.05) is 6.07 Å². The van der Waals surface area contributed by atoms with Crippen molar-refractivity contribution in [1.82, 2.24) is 9.97 Å². The summed E-state index contributed by atoms with van der Waals surface area (Å²) in [6.07, 6.45) is 5.70. The molecule has 19 heavy (non-hydrogen) atoms. The lowest BCUT2D eigenvalue weighted by atomic mass is 9.79. The summed E-state index contributed by atoms with van der Waals surface area (Å²) in [6, 6.07) is 1.91. The molecule has 4 nitrogen and oxygen atoms in total. The fourth-order valence-corrected chi connectivity index (χ4v) is 3.16. The molecule has 1 fully saturated rings. The number of rotatable bonds is 5. The summed E-state index contributed by atoms with van der Waals surface area (Å²) in [5, 5.41) is 12.8. The second-order valence-electron chi connectivity index (χ2n) is 5.21. The number of hydrogen-bond donors (Lipinski definition) is 2. The van der Waals surface area contributed by atoms with Gasteiger partial charge in [0.1, 0.15) is 16.2 Å². The van der Waals surface area contributed by atoms with Crippen LogP contribution in [0.15, 0.2) is 10.7 Å². The number of nitrogens with one attached hydrogen (secondary N) is 1. The monoisotopic (exact) mass is 327 g/mol. The molecule has 0 amide bonds. The maximum Gasteiger partial charge on any atom is 0.131 e. The Bertz CT molecular complexity index is 414. The smallest absolute Gasteiger partial charge is 0.131 e. The van der Waals surface area contributed by atoms with E-state index >= 15 is 0 Å². The van der Waals surface area contributed by atoms with Crippen LogP contribution in [0.1, 0.15) is 38.4 Å². The average molecular weight is 328 g/mol. The van der Waals surface area contributed by atoms with Crippen molar-refractivity contribution in [2.45, 2.75) is 39.0 Å². The standard InChI is InChI=1S/C14H22BrN3O/c1-2-13-17-12(15)7-14(18-13)16-8-10-5-3-4-6-11(10)9-19/h7,10-11,19H,2-6,8-9H2,1H3,(H,16,17,18). The highest BCUT2D eigenvalue weighted by Gasteiger charge is 2.24. The molecule has 1 saturated carbocycles. The van der Waals surface area contributed by atoms with Gasteiger partial charge in [0.15, 0.2) is 0 Å². The van der Waals surface area contributed by atoms with Crippen LogP contribution in [0.4, 0.5) is 5.82 Å². The average Bonchev–Trinajstić information content (AvgIpc) is 2.44. The molecule has 0 saturated heterocycles. The first-order chi connectivity index (χ1) is 9.22. The van der Waals surface area contributed by atoms with Crippen LogP contribution < -0.4 is 5.32 Å². The number of anilines is 1. The molecule has 0 bridgehead atoms. The maximum atomic E-state index is 9.42. The number of aliphatic hydroxyl groups is 1. The molecule has 0 radical (unpaired) electrons. The molecule has 106 valence electrons. The highest BCUT2D eigenvalue weighted by molar-refractivity contribution is 9.10. The second-order valence-corrected chi connectivity index (χ2v) is 6.03. The lowest BCUT2D eigenvalue weighted by Crippen LogP contribution is -2.28. The van der Waals surface area contributed by atoms with E-state index in [2.05, 4.69) is 38.1 Å². The van der Waals surface area contributed by atoms with Crippen LogP contribution in [0.25, 0.3) is 0 Å². The third kappa shape index (κ3) is 4.14. The molecule has 1 aromatic rings. The van der Waals surface area contributed by atoms with Crippen LogP contribution in [0.2, 0.25) is 0 Å². The first kappa shape index (κ1) is 14.7. The quantitative estimate of drug-likeness (QED) is 0.816. The van der Waals surface area contributed by atoms with E-state index in [1.54, 1.807) is 0 Å². The first-order valence-electron chi connectivity index (χ1n) is 7.11. The van der Waals surface area contributed by atoms with E-state index in [4.69, 9.17) is 0 Å². The minimum Gasteiger partial charge on any atom is -0.396 e. The van der Waals surface area contributed by atoms with Crippen LogP contribution in [0.3, 0.4) is 0 Å². The number of aliphatic hydroxyl groups excluding tert-OH is 1. The zero-order valence-electron chi connectivity index (χ0n) is 11.4. The van der Waals surface area contributed by atoms with Gasteiger partial charge in [0.05, 0.1) is 0 Å². The fraction of sp³-hybridized carbons (Fsp3) is 0.714. The van der Waals surface area contributed by atoms with Crippen LogP contribution in [0, 0.1) is 11.8 Å². The van der Waals surface area contributed by atoms with Crippen LogP contribution >= 0.6 is 15.9 Å². The molecule has 1 aliphatic rings. The van der Waals surface area contributed by atoms with Gasteiger partial charge in [0.25, 0.3) is 0 Å². The zero-order chi connectivity index (χ0) is 13.7. The van der Waals surface area contributed by atoms with Gasteiger partial charge in [-0.2, -0.15) is 0 Å². The van der Waals surface area contributed by atoms with Crippen molar-refractivity contribution in [1.29, 1.82) is 0 Å². The van der Waals surface area contributed by atoms with Gasteiger partial charge in [-0.25, -0.2) is 9.97 Å². The van der Waals surface area contributed by atoms with Gasteiger partial charge in [-0.15, -0.1) is 0 Å². The Hall–Kier alpha value is -0.680. The molecule has 1 aliphatic carbocycles. The van der Waals surface area contributed by atoms with E-state index < -0.39 is 0 Å². The molecule has 2 unspecified atom stereocenters. The van der Waals surface area contributed by atoms with Gasteiger partial charge in [-0.05, 0) is 40.6 Å². The lowest BCUT2D eigenvalue weighted by Gasteiger charge is -2.30. The minimum atomic E-state index is 0.306. The number of aromatic nitrogens is 2. The van der Waals surface area contributed by atoms with Crippen LogP contribution in [0.5, 0.6) is 0 Å². The molecule has 2 atom stereocenters. The van der Waals surface area contributed by atoms with Crippen LogP contribution in [-0.2, 0) is 6.42 Å². The summed E-state index contributed by atoms with van der Waals surface area (Å²) >= 11 is 3.41. The largest absolute Gasteiger partial charge is 0.396 e. The Morgan fingerprint density at radius 1 is 1.32 bits per heavy atom. The fourth-order valence-electron chi connectivity index (χ4n) is 2.74. The van der Waals surface area contributed by atoms with E-state index in [1.165, 1.54) is 19.3 Å². The Morgan fingerprint density at radius 2 is 2.05 bits per heavy atom. The summed E-state index contributed by atoms with van der Waals surface area (Å²) in [4.78, 5) is 8.78. The predicted octanol–water partition coefficient (Wildman–Crippen LogP) is 3.01. The summed E-state index contributed by atoms with van der Waals surface area (Å²) in [5.41, 5.74) is 0. The highest BCUT2D eigenvalue weighted by Crippen LogP contribution is 2.29. The van der Waals surface area contributed by atoms with Gasteiger partial charge in [-0.3, -0.25) is 0 Å². The summed E-state index contributed by atoms with van der Waals surface area (Å²) < 4.78 is 0.823. The molecular weight excluding hydrogens is 306 g/mol. The van der Waals surface area contributed by atoms with Crippen molar-refractivity contribution in [3.63, 3.8) is 0 Å². The molecule has 5 heteroatoms. The number of nitrogens with zero attached hydrogens (tertiary/aromatic N) is 2. The van der Waals surface area contributed by atoms with Crippen molar-refractivity contribution in [3.8, 4) is 0 Å². The highest BCUT2D eigenvalue weighted by atomic mass is 79.9. The van der Waals surface area contributed by atoms with E-state index in [9.17, 15) is 5.11 Å². The third-order valence-electron chi connectivity index (χ3n) is 3.90. The van der Waals surface area contributed by atoms with Gasteiger partial charge >= 0.3 is 0 Å². The van der Waals surface area contributed by atoms with Gasteiger partial charge < -0.3 is 10.4 Å². The SMILES string of the molecule is CCc1nc(Br)cc(NCC2CCCCC2CO)n1. The Morgan fingerprint density at radius 3 is 2.74 bits per heavy atom. The third-order valence-corrected chi connectivity index (χ3v) is 4.31. The number of hydrogen-bond acceptors (Lipinski definition) is 4. The predicted molar refractivity (Wildman–Crippen MR) is 80.1 cm³/mol. The molecule has 1 heterocycles. The maximum absolute atomic E-state index is 9.42. The van der Waals surface area contributed by atoms with E-state index in [-0.39, 0.29) is 0 Å². The minimum absolute atomic E-state index is 0.306. The van der Waals surface area contributed by atoms with Crippen molar-refractivity contribution in [2.24, 2.45) is 11.8 Å². The summed E-state index contributed by atoms with van der Waals surface area (Å²) in [7, 11) is 0. The van der Waals surface area contributed by atoms with Crippen LogP contribution in [-0.4, -0.2) is 28.2 Å². The van der Waals surface area contributed by atoms with Gasteiger partial charge in [0, 0.05) is 25.6 Å². The van der Waals surface area contributed by atoms with Crippen molar-refractivity contribution < 1.29 is 5.11 Å². The zero-order valence-corrected chi connectivity index (χ0v) is 13.0. The van der Waals surface area contributed by atoms with Crippen molar-refractivity contribution in [2.75, 3.05) is 18.5 Å². The van der Waals surface area contributed by atoms with E-state index in [0.29, 0.717) is 18.4 Å².